The molecular weight excluding hydrogens is 372 g/mol. The van der Waals surface area contributed by atoms with Gasteiger partial charge in [0, 0.05) is 24.7 Å². The molecule has 1 N–H and O–H groups in total. The number of carbonyl (C=O) groups excluding carboxylic acids is 2. The maximum Gasteiger partial charge on any atom is 0.274 e. The van der Waals surface area contributed by atoms with Gasteiger partial charge in [0.05, 0.1) is 11.2 Å². The zero-order valence-electron chi connectivity index (χ0n) is 14.3. The molecule has 0 bridgehead atoms. The molecule has 1 fully saturated rings. The monoisotopic (exact) mass is 390 g/mol. The molecule has 0 unspecified atom stereocenters. The number of thioether (sulfide) groups is 1. The number of hydrogen-bond acceptors (Lipinski definition) is 5. The zero-order chi connectivity index (χ0) is 18.5. The molecule has 2 heterocycles. The number of rotatable bonds is 4. The van der Waals surface area contributed by atoms with Crippen LogP contribution < -0.4 is 5.32 Å². The van der Waals surface area contributed by atoms with Crippen LogP contribution in [0.1, 0.15) is 33.7 Å². The van der Waals surface area contributed by atoms with E-state index in [-0.39, 0.29) is 28.6 Å². The smallest absolute Gasteiger partial charge is 0.274 e. The van der Waals surface area contributed by atoms with Crippen molar-refractivity contribution in [2.75, 3.05) is 19.3 Å². The molecule has 3 rings (SSSR count). The quantitative estimate of drug-likeness (QED) is 0.641. The van der Waals surface area contributed by atoms with E-state index in [9.17, 15) is 9.59 Å². The normalized spacial score (nSPS) is 14.9. The number of amides is 2. The van der Waals surface area contributed by atoms with Crippen LogP contribution >= 0.6 is 23.4 Å². The molecule has 0 saturated carbocycles. The molecule has 26 heavy (non-hydrogen) atoms. The van der Waals surface area contributed by atoms with Crippen molar-refractivity contribution >= 4 is 35.2 Å². The van der Waals surface area contributed by atoms with Gasteiger partial charge in [0.2, 0.25) is 0 Å². The second kappa shape index (κ2) is 8.51. The molecule has 2 aromatic rings. The van der Waals surface area contributed by atoms with Crippen LogP contribution in [-0.4, -0.2) is 52.1 Å². The molecule has 1 aliphatic rings. The van der Waals surface area contributed by atoms with E-state index in [0.717, 1.165) is 0 Å². The first-order chi connectivity index (χ1) is 12.6. The SMILES string of the molecule is CSc1ncc(Cl)c(C(=O)N2CCC(NC(=O)c3ccccc3)CC2)n1. The van der Waals surface area contributed by atoms with Crippen LogP contribution in [0.5, 0.6) is 0 Å². The number of likely N-dealkylation sites (tertiary alicyclic amines) is 1. The maximum atomic E-state index is 12.7. The van der Waals surface area contributed by atoms with Gasteiger partial charge in [-0.3, -0.25) is 9.59 Å². The summed E-state index contributed by atoms with van der Waals surface area (Å²) < 4.78 is 0. The lowest BCUT2D eigenvalue weighted by atomic mass is 10.0. The van der Waals surface area contributed by atoms with Gasteiger partial charge in [-0.25, -0.2) is 9.97 Å². The number of nitrogens with zero attached hydrogens (tertiary/aromatic N) is 3. The lowest BCUT2D eigenvalue weighted by Gasteiger charge is -2.32. The molecule has 2 amide bonds. The Hall–Kier alpha value is -2.12. The number of carbonyl (C=O) groups is 2. The van der Waals surface area contributed by atoms with Crippen LogP contribution in [0.3, 0.4) is 0 Å². The zero-order valence-corrected chi connectivity index (χ0v) is 15.9. The molecule has 0 spiro atoms. The van der Waals surface area contributed by atoms with Gasteiger partial charge in [0.25, 0.3) is 11.8 Å². The molecule has 1 aromatic carbocycles. The first kappa shape index (κ1) is 18.7. The predicted molar refractivity (Wildman–Crippen MR) is 102 cm³/mol. The maximum absolute atomic E-state index is 12.7. The molecule has 0 aliphatic carbocycles. The molecule has 0 atom stereocenters. The van der Waals surface area contributed by atoms with Gasteiger partial charge in [-0.1, -0.05) is 41.6 Å². The Morgan fingerprint density at radius 3 is 2.58 bits per heavy atom. The predicted octanol–water partition coefficient (Wildman–Crippen LogP) is 2.89. The summed E-state index contributed by atoms with van der Waals surface area (Å²) in [5, 5.41) is 3.81. The highest BCUT2D eigenvalue weighted by Crippen LogP contribution is 2.20. The van der Waals surface area contributed by atoms with Crippen molar-refractivity contribution in [3.05, 3.63) is 52.8 Å². The number of aromatic nitrogens is 2. The second-order valence-electron chi connectivity index (χ2n) is 5.96. The van der Waals surface area contributed by atoms with Gasteiger partial charge >= 0.3 is 0 Å². The topological polar surface area (TPSA) is 75.2 Å². The standard InChI is InChI=1S/C18H19ClN4O2S/c1-26-18-20-11-14(19)15(22-18)17(25)23-9-7-13(8-10-23)21-16(24)12-5-3-2-4-6-12/h2-6,11,13H,7-10H2,1H3,(H,21,24). The minimum atomic E-state index is -0.194. The summed E-state index contributed by atoms with van der Waals surface area (Å²) in [5.74, 6) is -0.278. The van der Waals surface area contributed by atoms with Crippen LogP contribution in [0.2, 0.25) is 5.02 Å². The van der Waals surface area contributed by atoms with E-state index in [1.54, 1.807) is 17.0 Å². The summed E-state index contributed by atoms with van der Waals surface area (Å²) in [6.45, 7) is 1.10. The fourth-order valence-corrected chi connectivity index (χ4v) is 3.35. The minimum Gasteiger partial charge on any atom is -0.349 e. The van der Waals surface area contributed by atoms with Crippen molar-refractivity contribution in [1.82, 2.24) is 20.2 Å². The summed E-state index contributed by atoms with van der Waals surface area (Å²) in [7, 11) is 0. The Morgan fingerprint density at radius 1 is 1.23 bits per heavy atom. The molecule has 1 aromatic heterocycles. The van der Waals surface area contributed by atoms with Crippen LogP contribution in [0.4, 0.5) is 0 Å². The molecule has 0 radical (unpaired) electrons. The van der Waals surface area contributed by atoms with E-state index in [0.29, 0.717) is 36.7 Å². The fourth-order valence-electron chi connectivity index (χ4n) is 2.83. The third-order valence-corrected chi connectivity index (χ3v) is 5.10. The molecule has 1 saturated heterocycles. The van der Waals surface area contributed by atoms with Crippen molar-refractivity contribution in [2.45, 2.75) is 24.0 Å². The van der Waals surface area contributed by atoms with Crippen LogP contribution in [0.25, 0.3) is 0 Å². The summed E-state index contributed by atoms with van der Waals surface area (Å²) in [6.07, 6.45) is 4.70. The van der Waals surface area contributed by atoms with Gasteiger partial charge in [-0.2, -0.15) is 0 Å². The van der Waals surface area contributed by atoms with Crippen molar-refractivity contribution in [1.29, 1.82) is 0 Å². The van der Waals surface area contributed by atoms with Crippen LogP contribution in [0, 0.1) is 0 Å². The van der Waals surface area contributed by atoms with E-state index in [4.69, 9.17) is 11.6 Å². The van der Waals surface area contributed by atoms with Gasteiger partial charge in [-0.05, 0) is 31.2 Å². The van der Waals surface area contributed by atoms with Crippen molar-refractivity contribution in [3.63, 3.8) is 0 Å². The highest BCUT2D eigenvalue weighted by atomic mass is 35.5. The van der Waals surface area contributed by atoms with E-state index in [1.807, 2.05) is 24.5 Å². The van der Waals surface area contributed by atoms with Gasteiger partial charge in [0.1, 0.15) is 0 Å². The van der Waals surface area contributed by atoms with Gasteiger partial charge < -0.3 is 10.2 Å². The van der Waals surface area contributed by atoms with Crippen molar-refractivity contribution in [2.24, 2.45) is 0 Å². The second-order valence-corrected chi connectivity index (χ2v) is 7.14. The van der Waals surface area contributed by atoms with Gasteiger partial charge in [0.15, 0.2) is 10.9 Å². The number of nitrogens with one attached hydrogen (secondary N) is 1. The first-order valence-corrected chi connectivity index (χ1v) is 9.90. The Balaban J connectivity index is 1.58. The summed E-state index contributed by atoms with van der Waals surface area (Å²) in [6, 6.07) is 9.17. The van der Waals surface area contributed by atoms with E-state index in [2.05, 4.69) is 15.3 Å². The lowest BCUT2D eigenvalue weighted by molar-refractivity contribution is 0.0691. The van der Waals surface area contributed by atoms with E-state index >= 15 is 0 Å². The molecule has 136 valence electrons. The molecular formula is C18H19ClN4O2S. The summed E-state index contributed by atoms with van der Waals surface area (Å²) in [4.78, 5) is 34.9. The van der Waals surface area contributed by atoms with Crippen molar-refractivity contribution < 1.29 is 9.59 Å². The largest absolute Gasteiger partial charge is 0.349 e. The fraction of sp³-hybridized carbons (Fsp3) is 0.333. The molecule has 8 heteroatoms. The lowest BCUT2D eigenvalue weighted by Crippen LogP contribution is -2.46. The Labute approximate surface area is 161 Å². The van der Waals surface area contributed by atoms with E-state index < -0.39 is 0 Å². The first-order valence-electron chi connectivity index (χ1n) is 8.30. The number of piperidine rings is 1. The third-order valence-electron chi connectivity index (χ3n) is 4.26. The third kappa shape index (κ3) is 4.34. The van der Waals surface area contributed by atoms with E-state index in [1.165, 1.54) is 18.0 Å². The average Bonchev–Trinajstić information content (AvgIpc) is 2.69. The number of hydrogen-bond donors (Lipinski definition) is 1. The summed E-state index contributed by atoms with van der Waals surface area (Å²) in [5.41, 5.74) is 0.876. The number of halogens is 1. The molecule has 6 nitrogen and oxygen atoms in total. The molecule has 1 aliphatic heterocycles. The van der Waals surface area contributed by atoms with Gasteiger partial charge in [-0.15, -0.1) is 0 Å². The Morgan fingerprint density at radius 2 is 1.92 bits per heavy atom. The Bertz CT molecular complexity index is 795. The minimum absolute atomic E-state index is 0.0504. The highest BCUT2D eigenvalue weighted by Gasteiger charge is 2.27. The summed E-state index contributed by atoms with van der Waals surface area (Å²) >= 11 is 7.46. The van der Waals surface area contributed by atoms with Crippen LogP contribution in [0.15, 0.2) is 41.7 Å². The average molecular weight is 391 g/mol. The van der Waals surface area contributed by atoms with Crippen molar-refractivity contribution in [3.8, 4) is 0 Å². The Kier molecular flexibility index (Phi) is 6.11. The highest BCUT2D eigenvalue weighted by molar-refractivity contribution is 7.98. The van der Waals surface area contributed by atoms with Crippen LogP contribution in [-0.2, 0) is 0 Å². The number of benzene rings is 1.